The third kappa shape index (κ3) is 2.96. The number of carbonyl (C=O) groups excluding carboxylic acids is 1. The van der Waals surface area contributed by atoms with Crippen molar-refractivity contribution in [1.29, 1.82) is 0 Å². The third-order valence-electron chi connectivity index (χ3n) is 2.58. The molecule has 1 rings (SSSR count). The molecule has 1 amide bonds. The number of nitrogens with one attached hydrogen (secondary N) is 1. The molecule has 0 aromatic carbocycles. The molecule has 1 aliphatic rings. The maximum absolute atomic E-state index is 11.6. The number of amides is 1. The summed E-state index contributed by atoms with van der Waals surface area (Å²) in [5.74, 6) is -0.0877. The minimum Gasteiger partial charge on any atom is -0.394 e. The molecule has 0 saturated carbocycles. The van der Waals surface area contributed by atoms with Crippen molar-refractivity contribution >= 4 is 5.91 Å². The van der Waals surface area contributed by atoms with Crippen LogP contribution in [0.5, 0.6) is 0 Å². The van der Waals surface area contributed by atoms with Crippen LogP contribution < -0.4 is 5.32 Å². The largest absolute Gasteiger partial charge is 0.394 e. The van der Waals surface area contributed by atoms with E-state index in [9.17, 15) is 4.79 Å². The van der Waals surface area contributed by atoms with Crippen molar-refractivity contribution in [3.8, 4) is 0 Å². The smallest absolute Gasteiger partial charge is 0.249 e. The lowest BCUT2D eigenvalue weighted by Gasteiger charge is -2.17. The Labute approximate surface area is 84.6 Å². The van der Waals surface area contributed by atoms with Crippen molar-refractivity contribution in [1.82, 2.24) is 5.32 Å². The first-order valence-corrected chi connectivity index (χ1v) is 5.24. The summed E-state index contributed by atoms with van der Waals surface area (Å²) in [6.07, 6.45) is 2.33. The maximum Gasteiger partial charge on any atom is 0.249 e. The quantitative estimate of drug-likeness (QED) is 0.694. The van der Waals surface area contributed by atoms with E-state index < -0.39 is 0 Å². The van der Waals surface area contributed by atoms with Gasteiger partial charge in [0, 0.05) is 0 Å². The van der Waals surface area contributed by atoms with E-state index in [2.05, 4.69) is 5.32 Å². The van der Waals surface area contributed by atoms with Gasteiger partial charge in [0.1, 0.15) is 6.10 Å². The molecule has 0 bridgehead atoms. The molecule has 0 radical (unpaired) electrons. The first kappa shape index (κ1) is 11.5. The van der Waals surface area contributed by atoms with E-state index in [0.717, 1.165) is 19.3 Å². The predicted molar refractivity (Wildman–Crippen MR) is 52.9 cm³/mol. The van der Waals surface area contributed by atoms with Gasteiger partial charge in [-0.2, -0.15) is 0 Å². The lowest BCUT2D eigenvalue weighted by molar-refractivity contribution is -0.132. The molecular weight excluding hydrogens is 182 g/mol. The van der Waals surface area contributed by atoms with Crippen LogP contribution in [0.3, 0.4) is 0 Å². The van der Waals surface area contributed by atoms with Crippen molar-refractivity contribution in [3.63, 3.8) is 0 Å². The molecule has 0 aliphatic carbocycles. The number of aliphatic hydroxyl groups is 1. The fourth-order valence-corrected chi connectivity index (χ4v) is 1.57. The van der Waals surface area contributed by atoms with Gasteiger partial charge in [-0.1, -0.05) is 6.92 Å². The summed E-state index contributed by atoms with van der Waals surface area (Å²) >= 11 is 0. The third-order valence-corrected chi connectivity index (χ3v) is 2.58. The van der Waals surface area contributed by atoms with Crippen molar-refractivity contribution in [2.45, 2.75) is 51.4 Å². The highest BCUT2D eigenvalue weighted by molar-refractivity contribution is 5.81. The van der Waals surface area contributed by atoms with Crippen LogP contribution >= 0.6 is 0 Å². The van der Waals surface area contributed by atoms with Gasteiger partial charge in [0.25, 0.3) is 0 Å². The lowest BCUT2D eigenvalue weighted by atomic mass is 10.2. The second-order valence-electron chi connectivity index (χ2n) is 3.81. The first-order chi connectivity index (χ1) is 6.67. The Morgan fingerprint density at radius 3 is 2.79 bits per heavy atom. The van der Waals surface area contributed by atoms with Crippen LogP contribution in [0.15, 0.2) is 0 Å². The Morgan fingerprint density at radius 2 is 2.36 bits per heavy atom. The topological polar surface area (TPSA) is 58.6 Å². The first-order valence-electron chi connectivity index (χ1n) is 5.24. The van der Waals surface area contributed by atoms with Crippen LogP contribution in [0.25, 0.3) is 0 Å². The van der Waals surface area contributed by atoms with E-state index in [4.69, 9.17) is 9.84 Å². The highest BCUT2D eigenvalue weighted by Crippen LogP contribution is 2.19. The minimum atomic E-state index is -0.314. The molecule has 1 heterocycles. The molecule has 14 heavy (non-hydrogen) atoms. The van der Waals surface area contributed by atoms with Gasteiger partial charge in [-0.15, -0.1) is 0 Å². The fourth-order valence-electron chi connectivity index (χ4n) is 1.57. The molecule has 2 N–H and O–H groups in total. The van der Waals surface area contributed by atoms with Gasteiger partial charge in [-0.3, -0.25) is 4.79 Å². The minimum absolute atomic E-state index is 0.00941. The number of ether oxygens (including phenoxy) is 1. The van der Waals surface area contributed by atoms with Gasteiger partial charge in [-0.05, 0) is 26.2 Å². The van der Waals surface area contributed by atoms with Crippen molar-refractivity contribution in [2.75, 3.05) is 6.61 Å². The predicted octanol–water partition coefficient (Wildman–Crippen LogP) is 0.441. The molecule has 0 aromatic rings. The van der Waals surface area contributed by atoms with Crippen LogP contribution in [0.4, 0.5) is 0 Å². The molecule has 1 saturated heterocycles. The Bertz CT molecular complexity index is 192. The van der Waals surface area contributed by atoms with Gasteiger partial charge in [-0.25, -0.2) is 0 Å². The number of hydrogen-bond acceptors (Lipinski definition) is 3. The molecule has 0 spiro atoms. The summed E-state index contributed by atoms with van der Waals surface area (Å²) in [5, 5.41) is 11.7. The molecular formula is C10H19NO3. The SMILES string of the molecule is CCC(CO)NC(=O)C1CCC(C)O1. The van der Waals surface area contributed by atoms with E-state index in [1.54, 1.807) is 0 Å². The zero-order chi connectivity index (χ0) is 10.6. The van der Waals surface area contributed by atoms with E-state index in [1.165, 1.54) is 0 Å². The summed E-state index contributed by atoms with van der Waals surface area (Å²) < 4.78 is 5.42. The highest BCUT2D eigenvalue weighted by Gasteiger charge is 2.28. The van der Waals surface area contributed by atoms with E-state index in [-0.39, 0.29) is 30.8 Å². The standard InChI is InChI=1S/C10H19NO3/c1-3-8(6-12)11-10(13)9-5-4-7(2)14-9/h7-9,12H,3-6H2,1-2H3,(H,11,13). The summed E-state index contributed by atoms with van der Waals surface area (Å²) in [5.41, 5.74) is 0. The van der Waals surface area contributed by atoms with Crippen molar-refractivity contribution in [2.24, 2.45) is 0 Å². The summed E-state index contributed by atoms with van der Waals surface area (Å²) in [7, 11) is 0. The molecule has 82 valence electrons. The highest BCUT2D eigenvalue weighted by atomic mass is 16.5. The van der Waals surface area contributed by atoms with Gasteiger partial charge in [0.05, 0.1) is 18.8 Å². The molecule has 0 aromatic heterocycles. The maximum atomic E-state index is 11.6. The van der Waals surface area contributed by atoms with E-state index in [0.29, 0.717) is 0 Å². The van der Waals surface area contributed by atoms with Crippen LogP contribution in [-0.4, -0.2) is 35.9 Å². The van der Waals surface area contributed by atoms with Crippen LogP contribution in [-0.2, 0) is 9.53 Å². The van der Waals surface area contributed by atoms with E-state index >= 15 is 0 Å². The van der Waals surface area contributed by atoms with Crippen LogP contribution in [0, 0.1) is 0 Å². The second kappa shape index (κ2) is 5.32. The number of rotatable bonds is 4. The molecule has 3 unspecified atom stereocenters. The number of hydrogen-bond donors (Lipinski definition) is 2. The van der Waals surface area contributed by atoms with Gasteiger partial charge >= 0.3 is 0 Å². The van der Waals surface area contributed by atoms with E-state index in [1.807, 2.05) is 13.8 Å². The summed E-state index contributed by atoms with van der Waals surface area (Å²) in [6, 6.07) is -0.137. The normalized spacial score (nSPS) is 28.8. The van der Waals surface area contributed by atoms with Gasteiger partial charge in [0.2, 0.25) is 5.91 Å². The van der Waals surface area contributed by atoms with Crippen molar-refractivity contribution in [3.05, 3.63) is 0 Å². The molecule has 3 atom stereocenters. The van der Waals surface area contributed by atoms with Crippen molar-refractivity contribution < 1.29 is 14.6 Å². The summed E-state index contributed by atoms with van der Waals surface area (Å²) in [6.45, 7) is 3.89. The number of carbonyl (C=O) groups is 1. The van der Waals surface area contributed by atoms with Gasteiger partial charge < -0.3 is 15.2 Å². The van der Waals surface area contributed by atoms with Crippen LogP contribution in [0.1, 0.15) is 33.1 Å². The zero-order valence-corrected chi connectivity index (χ0v) is 8.82. The fraction of sp³-hybridized carbons (Fsp3) is 0.900. The molecule has 1 fully saturated rings. The average molecular weight is 201 g/mol. The monoisotopic (exact) mass is 201 g/mol. The Kier molecular flexibility index (Phi) is 4.35. The molecule has 4 heteroatoms. The average Bonchev–Trinajstić information content (AvgIpc) is 2.61. The van der Waals surface area contributed by atoms with Gasteiger partial charge in [0.15, 0.2) is 0 Å². The number of aliphatic hydroxyl groups excluding tert-OH is 1. The Morgan fingerprint density at radius 1 is 1.64 bits per heavy atom. The molecule has 4 nitrogen and oxygen atoms in total. The molecule has 1 aliphatic heterocycles. The Balaban J connectivity index is 2.34. The van der Waals surface area contributed by atoms with Crippen LogP contribution in [0.2, 0.25) is 0 Å². The lowest BCUT2D eigenvalue weighted by Crippen LogP contribution is -2.42. The Hall–Kier alpha value is -0.610. The zero-order valence-electron chi connectivity index (χ0n) is 8.82. The summed E-state index contributed by atoms with van der Waals surface area (Å²) in [4.78, 5) is 11.6. The second-order valence-corrected chi connectivity index (χ2v) is 3.81.